The highest BCUT2D eigenvalue weighted by atomic mass is 35.5. The van der Waals surface area contributed by atoms with Gasteiger partial charge in [0.25, 0.3) is 0 Å². The molecule has 0 heterocycles. The summed E-state index contributed by atoms with van der Waals surface area (Å²) < 4.78 is 16.0. The van der Waals surface area contributed by atoms with Crippen LogP contribution < -0.4 is 14.2 Å². The monoisotopic (exact) mass is 306 g/mol. The molecule has 0 aliphatic rings. The molecule has 2 rings (SSSR count). The fraction of sp³-hybridized carbons (Fsp3) is 0.188. The molecule has 0 aliphatic carbocycles. The molecule has 21 heavy (non-hydrogen) atoms. The van der Waals surface area contributed by atoms with Crippen LogP contribution in [0.15, 0.2) is 30.3 Å². The zero-order valence-corrected chi connectivity index (χ0v) is 12.7. The van der Waals surface area contributed by atoms with E-state index >= 15 is 0 Å². The first-order chi connectivity index (χ1) is 10.1. The van der Waals surface area contributed by atoms with Crippen LogP contribution in [0.1, 0.15) is 10.4 Å². The summed E-state index contributed by atoms with van der Waals surface area (Å²) in [5.74, 6) is 1.82. The van der Waals surface area contributed by atoms with Crippen molar-refractivity contribution in [1.29, 1.82) is 0 Å². The average Bonchev–Trinajstić information content (AvgIpc) is 2.53. The standard InChI is InChI=1S/C16H15ClO4/c1-19-12-7-14(20-2)16(15(8-12)21-3)10-4-5-11(9-18)13(17)6-10/h4-9H,1-3H3. The fourth-order valence-corrected chi connectivity index (χ4v) is 2.29. The molecular formula is C16H15ClO4. The van der Waals surface area contributed by atoms with Crippen LogP contribution in [0.5, 0.6) is 17.2 Å². The van der Waals surface area contributed by atoms with E-state index in [9.17, 15) is 4.79 Å². The Bertz CT molecular complexity index is 642. The second-order valence-corrected chi connectivity index (χ2v) is 4.67. The molecule has 0 spiro atoms. The van der Waals surface area contributed by atoms with Gasteiger partial charge in [-0.05, 0) is 17.7 Å². The lowest BCUT2D eigenvalue weighted by molar-refractivity contribution is 0.112. The maximum Gasteiger partial charge on any atom is 0.151 e. The van der Waals surface area contributed by atoms with Crippen molar-refractivity contribution in [2.45, 2.75) is 0 Å². The summed E-state index contributed by atoms with van der Waals surface area (Å²) in [6.45, 7) is 0. The predicted octanol–water partition coefficient (Wildman–Crippen LogP) is 3.85. The molecule has 2 aromatic rings. The third kappa shape index (κ3) is 2.95. The second kappa shape index (κ2) is 6.50. The highest BCUT2D eigenvalue weighted by molar-refractivity contribution is 6.33. The topological polar surface area (TPSA) is 44.8 Å². The molecule has 4 nitrogen and oxygen atoms in total. The number of rotatable bonds is 5. The van der Waals surface area contributed by atoms with Gasteiger partial charge >= 0.3 is 0 Å². The van der Waals surface area contributed by atoms with Gasteiger partial charge in [-0.15, -0.1) is 0 Å². The van der Waals surface area contributed by atoms with Gasteiger partial charge < -0.3 is 14.2 Å². The molecule has 0 bridgehead atoms. The normalized spacial score (nSPS) is 10.1. The van der Waals surface area contributed by atoms with Crippen molar-refractivity contribution in [2.24, 2.45) is 0 Å². The van der Waals surface area contributed by atoms with Crippen LogP contribution in [0.4, 0.5) is 0 Å². The van der Waals surface area contributed by atoms with Crippen LogP contribution in [-0.4, -0.2) is 27.6 Å². The fourth-order valence-electron chi connectivity index (χ4n) is 2.07. The number of ether oxygens (including phenoxy) is 3. The third-order valence-corrected chi connectivity index (χ3v) is 3.46. The minimum absolute atomic E-state index is 0.377. The van der Waals surface area contributed by atoms with Gasteiger partial charge in [0.2, 0.25) is 0 Å². The zero-order valence-electron chi connectivity index (χ0n) is 12.0. The Morgan fingerprint density at radius 3 is 2.00 bits per heavy atom. The van der Waals surface area contributed by atoms with E-state index in [1.54, 1.807) is 51.7 Å². The van der Waals surface area contributed by atoms with Gasteiger partial charge in [-0.2, -0.15) is 0 Å². The number of halogens is 1. The van der Waals surface area contributed by atoms with Crippen molar-refractivity contribution >= 4 is 17.9 Å². The van der Waals surface area contributed by atoms with E-state index < -0.39 is 0 Å². The molecule has 0 saturated heterocycles. The van der Waals surface area contributed by atoms with Crippen molar-refractivity contribution in [3.05, 3.63) is 40.9 Å². The highest BCUT2D eigenvalue weighted by Gasteiger charge is 2.16. The molecule has 0 unspecified atom stereocenters. The summed E-state index contributed by atoms with van der Waals surface area (Å²) in [5.41, 5.74) is 1.98. The largest absolute Gasteiger partial charge is 0.496 e. The highest BCUT2D eigenvalue weighted by Crippen LogP contribution is 2.42. The van der Waals surface area contributed by atoms with E-state index in [2.05, 4.69) is 0 Å². The minimum atomic E-state index is 0.377. The Hall–Kier alpha value is -2.20. The van der Waals surface area contributed by atoms with Crippen LogP contribution in [-0.2, 0) is 0 Å². The van der Waals surface area contributed by atoms with E-state index in [0.717, 1.165) is 11.1 Å². The Morgan fingerprint density at radius 1 is 0.952 bits per heavy atom. The maximum absolute atomic E-state index is 10.9. The van der Waals surface area contributed by atoms with Crippen LogP contribution in [0.25, 0.3) is 11.1 Å². The smallest absolute Gasteiger partial charge is 0.151 e. The van der Waals surface area contributed by atoms with E-state index in [0.29, 0.717) is 34.1 Å². The van der Waals surface area contributed by atoms with E-state index in [1.807, 2.05) is 0 Å². The van der Waals surface area contributed by atoms with Gasteiger partial charge in [0.1, 0.15) is 17.2 Å². The lowest BCUT2D eigenvalue weighted by Gasteiger charge is -2.15. The van der Waals surface area contributed by atoms with Crippen molar-refractivity contribution in [3.63, 3.8) is 0 Å². The number of methoxy groups -OCH3 is 3. The van der Waals surface area contributed by atoms with Crippen LogP contribution >= 0.6 is 11.6 Å². The first-order valence-electron chi connectivity index (χ1n) is 6.19. The van der Waals surface area contributed by atoms with E-state index in [4.69, 9.17) is 25.8 Å². The molecule has 0 amide bonds. The van der Waals surface area contributed by atoms with Gasteiger partial charge in [-0.25, -0.2) is 0 Å². The lowest BCUT2D eigenvalue weighted by Crippen LogP contribution is -1.96. The SMILES string of the molecule is COc1cc(OC)c(-c2ccc(C=O)c(Cl)c2)c(OC)c1. The van der Waals surface area contributed by atoms with Crippen LogP contribution in [0, 0.1) is 0 Å². The van der Waals surface area contributed by atoms with Crippen LogP contribution in [0.3, 0.4) is 0 Å². The van der Waals surface area contributed by atoms with Crippen molar-refractivity contribution in [2.75, 3.05) is 21.3 Å². The summed E-state index contributed by atoms with van der Waals surface area (Å²) in [6.07, 6.45) is 0.717. The molecule has 0 fully saturated rings. The minimum Gasteiger partial charge on any atom is -0.496 e. The van der Waals surface area contributed by atoms with Crippen molar-refractivity contribution < 1.29 is 19.0 Å². The number of benzene rings is 2. The quantitative estimate of drug-likeness (QED) is 0.787. The molecule has 0 N–H and O–H groups in total. The lowest BCUT2D eigenvalue weighted by atomic mass is 10.0. The molecular weight excluding hydrogens is 292 g/mol. The molecule has 0 aliphatic heterocycles. The first-order valence-corrected chi connectivity index (χ1v) is 6.57. The Balaban J connectivity index is 2.66. The van der Waals surface area contributed by atoms with Gasteiger partial charge in [-0.3, -0.25) is 4.79 Å². The molecule has 0 aromatic heterocycles. The molecule has 0 saturated carbocycles. The molecule has 5 heteroatoms. The molecule has 110 valence electrons. The Kier molecular flexibility index (Phi) is 4.70. The Labute approximate surface area is 128 Å². The molecule has 2 aromatic carbocycles. The maximum atomic E-state index is 10.9. The number of aldehydes is 1. The van der Waals surface area contributed by atoms with E-state index in [-0.39, 0.29) is 0 Å². The zero-order chi connectivity index (χ0) is 15.4. The third-order valence-electron chi connectivity index (χ3n) is 3.13. The number of hydrogen-bond acceptors (Lipinski definition) is 4. The van der Waals surface area contributed by atoms with Crippen LogP contribution in [0.2, 0.25) is 5.02 Å². The summed E-state index contributed by atoms with van der Waals surface area (Å²) >= 11 is 6.09. The van der Waals surface area contributed by atoms with Crippen molar-refractivity contribution in [1.82, 2.24) is 0 Å². The Morgan fingerprint density at radius 2 is 1.57 bits per heavy atom. The van der Waals surface area contributed by atoms with E-state index in [1.165, 1.54) is 0 Å². The van der Waals surface area contributed by atoms with Gasteiger partial charge in [0, 0.05) is 17.7 Å². The van der Waals surface area contributed by atoms with Crippen molar-refractivity contribution in [3.8, 4) is 28.4 Å². The molecule has 0 atom stereocenters. The summed E-state index contributed by atoms with van der Waals surface area (Å²) in [5, 5.41) is 0.377. The summed E-state index contributed by atoms with van der Waals surface area (Å²) in [4.78, 5) is 10.9. The average molecular weight is 307 g/mol. The number of carbonyl (C=O) groups is 1. The predicted molar refractivity (Wildman–Crippen MR) is 81.9 cm³/mol. The van der Waals surface area contributed by atoms with Gasteiger partial charge in [0.15, 0.2) is 6.29 Å². The molecule has 0 radical (unpaired) electrons. The number of hydrogen-bond donors (Lipinski definition) is 0. The first kappa shape index (κ1) is 15.2. The van der Waals surface area contributed by atoms with Gasteiger partial charge in [-0.1, -0.05) is 17.7 Å². The second-order valence-electron chi connectivity index (χ2n) is 4.26. The number of carbonyl (C=O) groups excluding carboxylic acids is 1. The summed E-state index contributed by atoms with van der Waals surface area (Å²) in [7, 11) is 4.71. The van der Waals surface area contributed by atoms with Gasteiger partial charge in [0.05, 0.1) is 31.9 Å². The summed E-state index contributed by atoms with van der Waals surface area (Å²) in [6, 6.07) is 8.69.